The van der Waals surface area contributed by atoms with Crippen molar-refractivity contribution >= 4 is 21.6 Å². The summed E-state index contributed by atoms with van der Waals surface area (Å²) in [6.07, 6.45) is 5.33. The van der Waals surface area contributed by atoms with Gasteiger partial charge in [-0.1, -0.05) is 25.3 Å². The number of hydrogen-bond acceptors (Lipinski definition) is 5. The number of sulfonamides is 1. The molecule has 0 unspecified atom stereocenters. The Morgan fingerprint density at radius 2 is 1.67 bits per heavy atom. The van der Waals surface area contributed by atoms with Crippen LogP contribution in [0.25, 0.3) is 0 Å². The highest BCUT2D eigenvalue weighted by molar-refractivity contribution is 7.92. The maximum atomic E-state index is 12.9. The van der Waals surface area contributed by atoms with Crippen LogP contribution in [-0.2, 0) is 10.0 Å². The zero-order valence-electron chi connectivity index (χ0n) is 17.5. The molecule has 1 aliphatic carbocycles. The molecule has 0 spiro atoms. The third-order valence-corrected chi connectivity index (χ3v) is 6.72. The largest absolute Gasteiger partial charge is 0.493 e. The molecule has 162 valence electrons. The number of anilines is 1. The minimum absolute atomic E-state index is 0.0247. The van der Waals surface area contributed by atoms with Gasteiger partial charge in [0.05, 0.1) is 24.8 Å². The van der Waals surface area contributed by atoms with Gasteiger partial charge in [-0.3, -0.25) is 9.52 Å². The molecule has 2 aromatic rings. The third-order valence-electron chi connectivity index (χ3n) is 5.34. The van der Waals surface area contributed by atoms with E-state index in [1.54, 1.807) is 31.2 Å². The van der Waals surface area contributed by atoms with Crippen molar-refractivity contribution in [3.8, 4) is 11.5 Å². The zero-order chi connectivity index (χ0) is 21.7. The van der Waals surface area contributed by atoms with Gasteiger partial charge in [-0.25, -0.2) is 8.42 Å². The highest BCUT2D eigenvalue weighted by Gasteiger charge is 2.21. The van der Waals surface area contributed by atoms with Gasteiger partial charge < -0.3 is 14.8 Å². The summed E-state index contributed by atoms with van der Waals surface area (Å²) in [4.78, 5) is 12.8. The minimum Gasteiger partial charge on any atom is -0.493 e. The second-order valence-electron chi connectivity index (χ2n) is 7.46. The van der Waals surface area contributed by atoms with Crippen molar-refractivity contribution in [2.75, 3.05) is 18.9 Å². The predicted molar refractivity (Wildman–Crippen MR) is 116 cm³/mol. The number of methoxy groups -OCH3 is 2. The Balaban J connectivity index is 1.82. The summed E-state index contributed by atoms with van der Waals surface area (Å²) in [5, 5.41) is 3.05. The van der Waals surface area contributed by atoms with Gasteiger partial charge in [0.1, 0.15) is 0 Å². The van der Waals surface area contributed by atoms with E-state index in [0.717, 1.165) is 31.2 Å². The number of carbonyl (C=O) groups excluding carboxylic acids is 1. The van der Waals surface area contributed by atoms with E-state index < -0.39 is 10.0 Å². The fourth-order valence-electron chi connectivity index (χ4n) is 3.64. The Labute approximate surface area is 177 Å². The van der Waals surface area contributed by atoms with Crippen molar-refractivity contribution in [1.82, 2.24) is 5.32 Å². The molecule has 3 rings (SSSR count). The molecular weight excluding hydrogens is 404 g/mol. The van der Waals surface area contributed by atoms with Gasteiger partial charge in [0.2, 0.25) is 0 Å². The van der Waals surface area contributed by atoms with E-state index in [1.165, 1.54) is 32.8 Å². The Bertz CT molecular complexity index is 1010. The lowest BCUT2D eigenvalue weighted by Gasteiger charge is -2.23. The number of rotatable bonds is 7. The summed E-state index contributed by atoms with van der Waals surface area (Å²) in [5.74, 6) is 0.675. The topological polar surface area (TPSA) is 93.7 Å². The van der Waals surface area contributed by atoms with Crippen molar-refractivity contribution in [2.24, 2.45) is 0 Å². The normalized spacial score (nSPS) is 14.8. The molecule has 8 heteroatoms. The first-order valence-electron chi connectivity index (χ1n) is 10.0. The Morgan fingerprint density at radius 3 is 2.33 bits per heavy atom. The van der Waals surface area contributed by atoms with E-state index in [9.17, 15) is 13.2 Å². The number of benzene rings is 2. The fourth-order valence-corrected chi connectivity index (χ4v) is 4.71. The SMILES string of the molecule is COc1ccc(NS(=O)(=O)c2ccc(C)c(C(=O)NC3CCCCC3)c2)cc1OC. The Hall–Kier alpha value is -2.74. The van der Waals surface area contributed by atoms with Gasteiger partial charge >= 0.3 is 0 Å². The summed E-state index contributed by atoms with van der Waals surface area (Å²) in [5.41, 5.74) is 1.44. The molecule has 0 radical (unpaired) electrons. The third kappa shape index (κ3) is 5.05. The van der Waals surface area contributed by atoms with Crippen LogP contribution in [0, 0.1) is 6.92 Å². The van der Waals surface area contributed by atoms with E-state index in [4.69, 9.17) is 9.47 Å². The second kappa shape index (κ2) is 9.38. The van der Waals surface area contributed by atoms with E-state index in [1.807, 2.05) is 0 Å². The standard InChI is InChI=1S/C22H28N2O5S/c1-15-9-11-18(14-19(15)22(25)23-16-7-5-4-6-8-16)30(26,27)24-17-10-12-20(28-2)21(13-17)29-3/h9-14,16,24H,4-8H2,1-3H3,(H,23,25). The maximum Gasteiger partial charge on any atom is 0.261 e. The number of amides is 1. The van der Waals surface area contributed by atoms with Crippen molar-refractivity contribution < 1.29 is 22.7 Å². The Morgan fingerprint density at radius 1 is 0.967 bits per heavy atom. The van der Waals surface area contributed by atoms with Crippen molar-refractivity contribution in [2.45, 2.75) is 50.0 Å². The van der Waals surface area contributed by atoms with Gasteiger partial charge in [-0.05, 0) is 49.6 Å². The summed E-state index contributed by atoms with van der Waals surface area (Å²) in [7, 11) is -0.903. The van der Waals surface area contributed by atoms with Crippen LogP contribution >= 0.6 is 0 Å². The number of nitrogens with one attached hydrogen (secondary N) is 2. The van der Waals surface area contributed by atoms with E-state index in [0.29, 0.717) is 22.7 Å². The van der Waals surface area contributed by atoms with Crippen molar-refractivity contribution in [1.29, 1.82) is 0 Å². The number of hydrogen-bond donors (Lipinski definition) is 2. The molecule has 2 N–H and O–H groups in total. The first-order chi connectivity index (χ1) is 14.3. The molecule has 0 bridgehead atoms. The van der Waals surface area contributed by atoms with Crippen molar-refractivity contribution in [3.63, 3.8) is 0 Å². The molecular formula is C22H28N2O5S. The molecule has 2 aromatic carbocycles. The second-order valence-corrected chi connectivity index (χ2v) is 9.14. The number of aryl methyl sites for hydroxylation is 1. The molecule has 0 atom stereocenters. The predicted octanol–water partition coefficient (Wildman–Crippen LogP) is 3.88. The van der Waals surface area contributed by atoms with Crippen molar-refractivity contribution in [3.05, 3.63) is 47.5 Å². The van der Waals surface area contributed by atoms with Crippen LogP contribution in [0.3, 0.4) is 0 Å². The monoisotopic (exact) mass is 432 g/mol. The molecule has 1 fully saturated rings. The van der Waals surface area contributed by atoms with Crippen LogP contribution in [0.5, 0.6) is 11.5 Å². The average molecular weight is 433 g/mol. The zero-order valence-corrected chi connectivity index (χ0v) is 18.3. The first kappa shape index (κ1) is 22.0. The van der Waals surface area contributed by atoms with Crippen LogP contribution in [-0.4, -0.2) is 34.6 Å². The lowest BCUT2D eigenvalue weighted by Crippen LogP contribution is -2.36. The molecule has 0 heterocycles. The summed E-state index contributed by atoms with van der Waals surface area (Å²) in [6.45, 7) is 1.80. The smallest absolute Gasteiger partial charge is 0.261 e. The quantitative estimate of drug-likeness (QED) is 0.693. The summed E-state index contributed by atoms with van der Waals surface area (Å²) < 4.78 is 38.8. The molecule has 0 saturated heterocycles. The van der Waals surface area contributed by atoms with Gasteiger partial charge in [-0.15, -0.1) is 0 Å². The van der Waals surface area contributed by atoms with Gasteiger partial charge in [0.15, 0.2) is 11.5 Å². The minimum atomic E-state index is -3.89. The molecule has 0 aliphatic heterocycles. The molecule has 7 nitrogen and oxygen atoms in total. The van der Waals surface area contributed by atoms with Crippen LogP contribution < -0.4 is 19.5 Å². The molecule has 1 amide bonds. The summed E-state index contributed by atoms with van der Waals surface area (Å²) in [6, 6.07) is 9.47. The summed E-state index contributed by atoms with van der Waals surface area (Å²) >= 11 is 0. The van der Waals surface area contributed by atoms with Gasteiger partial charge in [-0.2, -0.15) is 0 Å². The number of ether oxygens (including phenoxy) is 2. The Kier molecular flexibility index (Phi) is 6.87. The van der Waals surface area contributed by atoms with Crippen LogP contribution in [0.2, 0.25) is 0 Å². The van der Waals surface area contributed by atoms with E-state index >= 15 is 0 Å². The maximum absolute atomic E-state index is 12.9. The molecule has 30 heavy (non-hydrogen) atoms. The average Bonchev–Trinajstić information content (AvgIpc) is 2.74. The molecule has 1 aliphatic rings. The number of carbonyl (C=O) groups is 1. The van der Waals surface area contributed by atoms with Crippen LogP contribution in [0.4, 0.5) is 5.69 Å². The molecule has 0 aromatic heterocycles. The van der Waals surface area contributed by atoms with Crippen LogP contribution in [0.15, 0.2) is 41.3 Å². The van der Waals surface area contributed by atoms with Gasteiger partial charge in [0.25, 0.3) is 15.9 Å². The van der Waals surface area contributed by atoms with E-state index in [-0.39, 0.29) is 16.8 Å². The molecule has 1 saturated carbocycles. The lowest BCUT2D eigenvalue weighted by molar-refractivity contribution is 0.0927. The van der Waals surface area contributed by atoms with Gasteiger partial charge in [0, 0.05) is 17.7 Å². The van der Waals surface area contributed by atoms with E-state index in [2.05, 4.69) is 10.0 Å². The first-order valence-corrected chi connectivity index (χ1v) is 11.5. The highest BCUT2D eigenvalue weighted by Crippen LogP contribution is 2.31. The van der Waals surface area contributed by atoms with Crippen LogP contribution in [0.1, 0.15) is 48.0 Å². The lowest BCUT2D eigenvalue weighted by atomic mass is 9.95. The fraction of sp³-hybridized carbons (Fsp3) is 0.409. The highest BCUT2D eigenvalue weighted by atomic mass is 32.2.